The van der Waals surface area contributed by atoms with Crippen molar-refractivity contribution < 1.29 is 47.7 Å². The molecule has 0 saturated heterocycles. The highest BCUT2D eigenvalue weighted by atomic mass is 19.1. The molecule has 3 aromatic heterocycles. The second-order valence-corrected chi connectivity index (χ2v) is 22.1. The van der Waals surface area contributed by atoms with Crippen molar-refractivity contribution in [1.29, 1.82) is 0 Å². The van der Waals surface area contributed by atoms with Crippen molar-refractivity contribution in [3.05, 3.63) is 187 Å². The number of aliphatic hydroxyl groups is 1. The number of hydrogen-bond donors (Lipinski definition) is 7. The zero-order chi connectivity index (χ0) is 58.4. The van der Waals surface area contributed by atoms with Crippen LogP contribution in [0.3, 0.4) is 0 Å². The number of aryl methyl sites for hydroxylation is 1. The highest BCUT2D eigenvalue weighted by molar-refractivity contribution is 5.99. The molecule has 0 radical (unpaired) electrons. The number of H-pyrrole nitrogens is 1. The number of cyclic esters (lactones) is 1. The van der Waals surface area contributed by atoms with Crippen molar-refractivity contribution in [2.24, 2.45) is 0 Å². The SMILES string of the molecule is CC[C@@]1(O)C(=O)OCc2c1cc1n(c2=O)Cc2c-1nc1cc(F)c(C)c3c1c2[C@@H](NC(=O)OCc1ccc(NC(=O)[C@H](CCCCNC)NC(=O)[C@H](Cc2c[nH]c4ccccc24)NC(=O)OCC2c4ccccc4-c4ccccc42)cc1)CC3. The van der Waals surface area contributed by atoms with E-state index in [1.165, 1.54) is 10.6 Å². The van der Waals surface area contributed by atoms with E-state index in [9.17, 15) is 33.9 Å². The van der Waals surface area contributed by atoms with Crippen LogP contribution in [0.15, 0.2) is 120 Å². The Hall–Kier alpha value is -9.20. The van der Waals surface area contributed by atoms with Gasteiger partial charge in [-0.2, -0.15) is 0 Å². The minimum absolute atomic E-state index is 0.0303. The number of fused-ring (bicyclic) bond motifs is 9. The summed E-state index contributed by atoms with van der Waals surface area (Å²) >= 11 is 0. The average Bonchev–Trinajstić information content (AvgIpc) is 1.56. The number of hydrogen-bond acceptors (Lipinski definition) is 12. The molecule has 5 aromatic carbocycles. The third-order valence-corrected chi connectivity index (χ3v) is 17.1. The molecule has 430 valence electrons. The van der Waals surface area contributed by atoms with E-state index in [1.807, 2.05) is 73.9 Å². The van der Waals surface area contributed by atoms with E-state index in [1.54, 1.807) is 44.2 Å². The fourth-order valence-electron chi connectivity index (χ4n) is 12.6. The number of nitrogens with one attached hydrogen (secondary N) is 6. The minimum Gasteiger partial charge on any atom is -0.458 e. The van der Waals surface area contributed by atoms with E-state index in [0.717, 1.165) is 50.7 Å². The molecule has 0 unspecified atom stereocenters. The number of aromatic nitrogens is 3. The Morgan fingerprint density at radius 1 is 0.869 bits per heavy atom. The first-order chi connectivity index (χ1) is 40.7. The maximum Gasteiger partial charge on any atom is 0.407 e. The fourth-order valence-corrected chi connectivity index (χ4v) is 12.6. The molecule has 0 bridgehead atoms. The Labute approximate surface area is 482 Å². The number of pyridine rings is 2. The van der Waals surface area contributed by atoms with Gasteiger partial charge in [0, 0.05) is 57.7 Å². The monoisotopic (exact) mass is 1130 g/mol. The molecular formula is C65H63FN8O10. The third kappa shape index (κ3) is 10.2. The Morgan fingerprint density at radius 3 is 2.36 bits per heavy atom. The quantitative estimate of drug-likeness (QED) is 0.0242. The van der Waals surface area contributed by atoms with Gasteiger partial charge in [-0.05, 0) is 133 Å². The summed E-state index contributed by atoms with van der Waals surface area (Å²) in [4.78, 5) is 91.4. The largest absolute Gasteiger partial charge is 0.458 e. The summed E-state index contributed by atoms with van der Waals surface area (Å²) in [6.45, 7) is 3.73. The van der Waals surface area contributed by atoms with Crippen molar-refractivity contribution in [3.8, 4) is 22.5 Å². The van der Waals surface area contributed by atoms with E-state index in [0.29, 0.717) is 82.5 Å². The van der Waals surface area contributed by atoms with Crippen LogP contribution in [-0.2, 0) is 66.8 Å². The maximum atomic E-state index is 15.5. The standard InChI is InChI=1S/C65H63FN8O10/c1-4-65(81)48-28-55-58-45(31-74(55)61(77)47(48)34-82-62(65)78)57-51(25-24-39-35(2)49(66)29-53(70-58)56(39)57)72-63(79)83-32-36-20-22-38(23-21-36)69-59(75)52(19-11-12-26-67-3)71-60(76)54(27-37-30-68-50-18-10-9-13-40(37)50)73-64(80)84-33-46-43-16-7-5-14-41(43)42-15-6-8-17-44(42)46/h5-10,13-18,20-23,28-30,46,51-52,54,67-68,81H,4,11-12,19,24-27,31-34H2,1-3H3,(H,69,75)(H,71,76)(H,72,79)(H,73,80)/t51-,52-,54-,65-/m0/s1. The summed E-state index contributed by atoms with van der Waals surface area (Å²) in [5.41, 5.74) is 8.46. The predicted molar refractivity (Wildman–Crippen MR) is 312 cm³/mol. The van der Waals surface area contributed by atoms with Crippen molar-refractivity contribution in [2.75, 3.05) is 25.5 Å². The van der Waals surface area contributed by atoms with Gasteiger partial charge >= 0.3 is 18.2 Å². The van der Waals surface area contributed by atoms with Gasteiger partial charge in [-0.3, -0.25) is 14.4 Å². The van der Waals surface area contributed by atoms with E-state index in [2.05, 4.69) is 43.7 Å². The second kappa shape index (κ2) is 22.9. The number of carbonyl (C=O) groups is 5. The van der Waals surface area contributed by atoms with Gasteiger partial charge in [0.25, 0.3) is 5.56 Å². The van der Waals surface area contributed by atoms with E-state index in [4.69, 9.17) is 19.2 Å². The summed E-state index contributed by atoms with van der Waals surface area (Å²) < 4.78 is 34.0. The lowest BCUT2D eigenvalue weighted by Crippen LogP contribution is -2.53. The summed E-state index contributed by atoms with van der Waals surface area (Å²) in [7, 11) is 1.84. The third-order valence-electron chi connectivity index (χ3n) is 17.1. The van der Waals surface area contributed by atoms with Gasteiger partial charge in [0.15, 0.2) is 5.60 Å². The number of para-hydroxylation sites is 1. The van der Waals surface area contributed by atoms with Crippen LogP contribution >= 0.6 is 0 Å². The Bertz CT molecular complexity index is 3980. The van der Waals surface area contributed by atoms with Crippen LogP contribution in [0.2, 0.25) is 0 Å². The Morgan fingerprint density at radius 2 is 1.61 bits per heavy atom. The molecule has 4 amide bonds. The highest BCUT2D eigenvalue weighted by Gasteiger charge is 2.46. The normalized spacial score (nSPS) is 17.0. The molecule has 2 aliphatic carbocycles. The average molecular weight is 1140 g/mol. The maximum absolute atomic E-state index is 15.5. The highest BCUT2D eigenvalue weighted by Crippen LogP contribution is 2.47. The molecule has 19 heteroatoms. The van der Waals surface area contributed by atoms with Crippen LogP contribution in [0.25, 0.3) is 44.3 Å². The van der Waals surface area contributed by atoms with Crippen molar-refractivity contribution in [1.82, 2.24) is 35.8 Å². The van der Waals surface area contributed by atoms with Gasteiger partial charge < -0.3 is 55.5 Å². The molecule has 7 N–H and O–H groups in total. The molecule has 4 aliphatic rings. The number of unbranched alkanes of at least 4 members (excludes halogenated alkanes) is 1. The van der Waals surface area contributed by atoms with Gasteiger partial charge in [0.1, 0.15) is 37.7 Å². The number of benzene rings is 5. The molecule has 0 saturated carbocycles. The molecule has 84 heavy (non-hydrogen) atoms. The topological polar surface area (TPSA) is 244 Å². The van der Waals surface area contributed by atoms with Crippen LogP contribution in [-0.4, -0.2) is 81.9 Å². The van der Waals surface area contributed by atoms with Crippen LogP contribution in [0.1, 0.15) is 107 Å². The first-order valence-corrected chi connectivity index (χ1v) is 28.5. The van der Waals surface area contributed by atoms with Gasteiger partial charge in [-0.1, -0.05) is 85.8 Å². The molecule has 12 rings (SSSR count). The summed E-state index contributed by atoms with van der Waals surface area (Å²) in [6, 6.07) is 30.7. The van der Waals surface area contributed by atoms with Crippen LogP contribution in [0.4, 0.5) is 19.7 Å². The first-order valence-electron chi connectivity index (χ1n) is 28.5. The number of alkyl carbamates (subject to hydrolysis) is 2. The van der Waals surface area contributed by atoms with Crippen molar-refractivity contribution in [2.45, 2.75) is 108 Å². The van der Waals surface area contributed by atoms with Gasteiger partial charge in [-0.15, -0.1) is 0 Å². The number of aromatic amines is 1. The fraction of sp³-hybridized carbons (Fsp3) is 0.308. The molecule has 5 heterocycles. The van der Waals surface area contributed by atoms with Gasteiger partial charge in [0.05, 0.1) is 35.1 Å². The number of anilines is 1. The second-order valence-electron chi connectivity index (χ2n) is 22.1. The number of halogens is 1. The number of esters is 1. The Kier molecular flexibility index (Phi) is 15.1. The predicted octanol–water partition coefficient (Wildman–Crippen LogP) is 8.89. The molecule has 0 fully saturated rings. The molecule has 2 aliphatic heterocycles. The van der Waals surface area contributed by atoms with Gasteiger partial charge in [0.2, 0.25) is 11.8 Å². The van der Waals surface area contributed by atoms with E-state index in [-0.39, 0.29) is 56.3 Å². The molecule has 18 nitrogen and oxygen atoms in total. The summed E-state index contributed by atoms with van der Waals surface area (Å²) in [6.07, 6.45) is 2.85. The summed E-state index contributed by atoms with van der Waals surface area (Å²) in [5.74, 6) is -2.51. The number of amides is 4. The van der Waals surface area contributed by atoms with Crippen molar-refractivity contribution in [3.63, 3.8) is 0 Å². The minimum atomic E-state index is -2.04. The van der Waals surface area contributed by atoms with E-state index >= 15 is 4.39 Å². The summed E-state index contributed by atoms with van der Waals surface area (Å²) in [5, 5.41) is 27.9. The molecular weight excluding hydrogens is 1070 g/mol. The Balaban J connectivity index is 0.723. The van der Waals surface area contributed by atoms with Gasteiger partial charge in [-0.25, -0.2) is 23.8 Å². The lowest BCUT2D eigenvalue weighted by molar-refractivity contribution is -0.172. The zero-order valence-corrected chi connectivity index (χ0v) is 46.7. The van der Waals surface area contributed by atoms with Crippen LogP contribution < -0.4 is 32.1 Å². The lowest BCUT2D eigenvalue weighted by Gasteiger charge is -2.31. The number of carbonyl (C=O) groups excluding carboxylic acids is 5. The molecule has 4 atom stereocenters. The molecule has 8 aromatic rings. The zero-order valence-electron chi connectivity index (χ0n) is 46.7. The number of rotatable bonds is 18. The first kappa shape index (κ1) is 55.3. The lowest BCUT2D eigenvalue weighted by atomic mass is 9.81. The molecule has 0 spiro atoms. The number of ether oxygens (including phenoxy) is 3. The van der Waals surface area contributed by atoms with Crippen LogP contribution in [0, 0.1) is 12.7 Å². The smallest absolute Gasteiger partial charge is 0.407 e. The number of nitrogens with zero attached hydrogens (tertiary/aromatic N) is 2. The van der Waals surface area contributed by atoms with Crippen molar-refractivity contribution >= 4 is 57.5 Å². The van der Waals surface area contributed by atoms with E-state index < -0.39 is 65.1 Å². The van der Waals surface area contributed by atoms with Crippen LogP contribution in [0.5, 0.6) is 0 Å².